The van der Waals surface area contributed by atoms with Crippen molar-refractivity contribution in [1.82, 2.24) is 0 Å². The van der Waals surface area contributed by atoms with E-state index in [1.54, 1.807) is 12.1 Å². The van der Waals surface area contributed by atoms with Gasteiger partial charge in [-0.3, -0.25) is 9.59 Å². The lowest BCUT2D eigenvalue weighted by Crippen LogP contribution is -2.13. The summed E-state index contributed by atoms with van der Waals surface area (Å²) < 4.78 is 10.4. The van der Waals surface area contributed by atoms with Gasteiger partial charge in [-0.25, -0.2) is 0 Å². The molecule has 0 bridgehead atoms. The van der Waals surface area contributed by atoms with Gasteiger partial charge in [0.2, 0.25) is 0 Å². The minimum Gasteiger partial charge on any atom is -0.466 e. The van der Waals surface area contributed by atoms with Crippen LogP contribution in [-0.2, 0) is 19.7 Å². The molecule has 26 heavy (non-hydrogen) atoms. The number of benzene rings is 1. The van der Waals surface area contributed by atoms with Gasteiger partial charge in [-0.05, 0) is 29.5 Å². The summed E-state index contributed by atoms with van der Waals surface area (Å²) in [4.78, 5) is 23.5. The average Bonchev–Trinajstić information content (AvgIpc) is 2.59. The highest BCUT2D eigenvalue weighted by Gasteiger charge is 2.14. The smallest absolute Gasteiger partial charge is 0.311 e. The molecule has 1 aromatic carbocycles. The summed E-state index contributed by atoms with van der Waals surface area (Å²) in [6, 6.07) is 7.49. The van der Waals surface area contributed by atoms with E-state index in [0.29, 0.717) is 12.4 Å². The highest BCUT2D eigenvalue weighted by atomic mass is 16.5. The van der Waals surface area contributed by atoms with Crippen molar-refractivity contribution in [2.45, 2.75) is 84.5 Å². The Bertz CT molecular complexity index is 540. The van der Waals surface area contributed by atoms with Crippen LogP contribution in [0.2, 0.25) is 0 Å². The Morgan fingerprint density at radius 1 is 0.846 bits per heavy atom. The molecule has 0 fully saturated rings. The normalized spacial score (nSPS) is 11.2. The van der Waals surface area contributed by atoms with E-state index in [1.165, 1.54) is 31.2 Å². The minimum atomic E-state index is -0.412. The Morgan fingerprint density at radius 2 is 1.42 bits per heavy atom. The average molecular weight is 363 g/mol. The summed E-state index contributed by atoms with van der Waals surface area (Å²) in [7, 11) is 0. The lowest BCUT2D eigenvalue weighted by molar-refractivity contribution is -0.147. The predicted octanol–water partition coefficient (Wildman–Crippen LogP) is 5.57. The number of carbonyl (C=O) groups is 2. The first-order valence-electron chi connectivity index (χ1n) is 9.79. The van der Waals surface area contributed by atoms with Gasteiger partial charge in [-0.15, -0.1) is 0 Å². The number of esters is 2. The van der Waals surface area contributed by atoms with E-state index < -0.39 is 5.97 Å². The molecule has 4 nitrogen and oxygen atoms in total. The second-order valence-electron chi connectivity index (χ2n) is 7.74. The van der Waals surface area contributed by atoms with Crippen molar-refractivity contribution in [3.8, 4) is 5.75 Å². The summed E-state index contributed by atoms with van der Waals surface area (Å²) in [6.07, 6.45) is 7.00. The molecule has 0 saturated carbocycles. The van der Waals surface area contributed by atoms with Crippen LogP contribution in [0.15, 0.2) is 24.3 Å². The van der Waals surface area contributed by atoms with Crippen LogP contribution >= 0.6 is 0 Å². The van der Waals surface area contributed by atoms with Crippen molar-refractivity contribution in [2.24, 2.45) is 0 Å². The van der Waals surface area contributed by atoms with E-state index in [9.17, 15) is 9.59 Å². The molecule has 0 heterocycles. The van der Waals surface area contributed by atoms with E-state index in [4.69, 9.17) is 9.47 Å². The monoisotopic (exact) mass is 362 g/mol. The molecule has 146 valence electrons. The molecule has 0 aliphatic carbocycles. The van der Waals surface area contributed by atoms with Gasteiger partial charge in [0.05, 0.1) is 19.4 Å². The Morgan fingerprint density at radius 3 is 2.04 bits per heavy atom. The topological polar surface area (TPSA) is 52.6 Å². The summed E-state index contributed by atoms with van der Waals surface area (Å²) in [5, 5.41) is 0. The molecular weight excluding hydrogens is 328 g/mol. The van der Waals surface area contributed by atoms with Gasteiger partial charge in [0.1, 0.15) is 5.75 Å². The zero-order chi connectivity index (χ0) is 19.4. The molecular formula is C22H34O4. The first-order chi connectivity index (χ1) is 12.3. The van der Waals surface area contributed by atoms with Crippen molar-refractivity contribution >= 4 is 11.9 Å². The fraction of sp³-hybridized carbons (Fsp3) is 0.636. The number of hydrogen-bond acceptors (Lipinski definition) is 4. The first kappa shape index (κ1) is 22.2. The maximum atomic E-state index is 11.8. The van der Waals surface area contributed by atoms with Crippen LogP contribution < -0.4 is 4.74 Å². The molecule has 0 unspecified atom stereocenters. The quantitative estimate of drug-likeness (QED) is 0.293. The van der Waals surface area contributed by atoms with Crippen molar-refractivity contribution in [1.29, 1.82) is 0 Å². The molecule has 0 amide bonds. The third-order valence-corrected chi connectivity index (χ3v) is 4.25. The third-order valence-electron chi connectivity index (χ3n) is 4.25. The fourth-order valence-corrected chi connectivity index (χ4v) is 2.55. The molecule has 0 spiro atoms. The van der Waals surface area contributed by atoms with Crippen LogP contribution in [0.3, 0.4) is 0 Å². The van der Waals surface area contributed by atoms with Crippen LogP contribution in [0.25, 0.3) is 0 Å². The zero-order valence-electron chi connectivity index (χ0n) is 16.8. The van der Waals surface area contributed by atoms with Crippen LogP contribution in [-0.4, -0.2) is 18.5 Å². The van der Waals surface area contributed by atoms with Gasteiger partial charge < -0.3 is 9.47 Å². The highest BCUT2D eigenvalue weighted by Crippen LogP contribution is 2.24. The van der Waals surface area contributed by atoms with Crippen molar-refractivity contribution in [3.63, 3.8) is 0 Å². The Kier molecular flexibility index (Phi) is 10.0. The van der Waals surface area contributed by atoms with E-state index >= 15 is 0 Å². The predicted molar refractivity (Wildman–Crippen MR) is 104 cm³/mol. The molecule has 0 aromatic heterocycles. The Labute approximate surface area is 158 Å². The minimum absolute atomic E-state index is 0.0381. The standard InChI is InChI=1S/C22H34O4/c1-5-6-7-8-9-10-17-25-20(23)15-16-21(24)26-19-13-11-18(12-14-19)22(2,3)4/h11-14H,5-10,15-17H2,1-4H3. The van der Waals surface area contributed by atoms with E-state index in [-0.39, 0.29) is 24.2 Å². The summed E-state index contributed by atoms with van der Waals surface area (Å²) in [5.74, 6) is -0.243. The summed E-state index contributed by atoms with van der Waals surface area (Å²) >= 11 is 0. The summed E-state index contributed by atoms with van der Waals surface area (Å²) in [6.45, 7) is 9.02. The number of carbonyl (C=O) groups excluding carboxylic acids is 2. The van der Waals surface area contributed by atoms with Gasteiger partial charge in [-0.1, -0.05) is 71.9 Å². The van der Waals surface area contributed by atoms with E-state index in [1.807, 2.05) is 12.1 Å². The SMILES string of the molecule is CCCCCCCCOC(=O)CCC(=O)Oc1ccc(C(C)(C)C)cc1. The molecule has 0 radical (unpaired) electrons. The molecule has 0 aliphatic heterocycles. The van der Waals surface area contributed by atoms with Gasteiger partial charge in [0.25, 0.3) is 0 Å². The van der Waals surface area contributed by atoms with Crippen LogP contribution in [0.5, 0.6) is 5.75 Å². The molecule has 1 rings (SSSR count). The molecule has 0 atom stereocenters. The molecule has 1 aromatic rings. The maximum Gasteiger partial charge on any atom is 0.311 e. The second kappa shape index (κ2) is 11.7. The molecule has 0 saturated heterocycles. The van der Waals surface area contributed by atoms with Crippen LogP contribution in [0.4, 0.5) is 0 Å². The number of unbranched alkanes of at least 4 members (excludes halogenated alkanes) is 5. The van der Waals surface area contributed by atoms with E-state index in [0.717, 1.165) is 12.8 Å². The third kappa shape index (κ3) is 9.59. The Hall–Kier alpha value is -1.84. The Balaban J connectivity index is 2.18. The van der Waals surface area contributed by atoms with Crippen molar-refractivity contribution in [3.05, 3.63) is 29.8 Å². The number of ether oxygens (including phenoxy) is 2. The number of hydrogen-bond donors (Lipinski definition) is 0. The van der Waals surface area contributed by atoms with Crippen molar-refractivity contribution < 1.29 is 19.1 Å². The maximum absolute atomic E-state index is 11.8. The lowest BCUT2D eigenvalue weighted by atomic mass is 9.87. The molecule has 0 aliphatic rings. The van der Waals surface area contributed by atoms with Gasteiger partial charge in [-0.2, -0.15) is 0 Å². The first-order valence-corrected chi connectivity index (χ1v) is 9.79. The van der Waals surface area contributed by atoms with Crippen molar-refractivity contribution in [2.75, 3.05) is 6.61 Å². The van der Waals surface area contributed by atoms with Gasteiger partial charge >= 0.3 is 11.9 Å². The second-order valence-corrected chi connectivity index (χ2v) is 7.74. The molecule has 0 N–H and O–H groups in total. The number of rotatable bonds is 11. The van der Waals surface area contributed by atoms with Gasteiger partial charge in [0.15, 0.2) is 0 Å². The highest BCUT2D eigenvalue weighted by molar-refractivity contribution is 5.79. The van der Waals surface area contributed by atoms with Crippen LogP contribution in [0, 0.1) is 0 Å². The summed E-state index contributed by atoms with van der Waals surface area (Å²) in [5.41, 5.74) is 1.23. The fourth-order valence-electron chi connectivity index (χ4n) is 2.55. The van der Waals surface area contributed by atoms with Gasteiger partial charge in [0, 0.05) is 0 Å². The largest absolute Gasteiger partial charge is 0.466 e. The zero-order valence-corrected chi connectivity index (χ0v) is 16.8. The lowest BCUT2D eigenvalue weighted by Gasteiger charge is -2.18. The van der Waals surface area contributed by atoms with E-state index in [2.05, 4.69) is 27.7 Å². The van der Waals surface area contributed by atoms with Crippen LogP contribution in [0.1, 0.15) is 84.6 Å². The molecule has 4 heteroatoms.